The minimum absolute atomic E-state index is 0.746. The van der Waals surface area contributed by atoms with Crippen LogP contribution in [0.1, 0.15) is 5.56 Å². The molecule has 4 rings (SSSR count). The van der Waals surface area contributed by atoms with Crippen LogP contribution in [0.2, 0.25) is 0 Å². The van der Waals surface area contributed by atoms with Crippen LogP contribution in [0.5, 0.6) is 5.75 Å². The second-order valence-corrected chi connectivity index (χ2v) is 5.77. The molecule has 0 saturated carbocycles. The summed E-state index contributed by atoms with van der Waals surface area (Å²) in [6.07, 6.45) is 6.61. The van der Waals surface area contributed by atoms with Gasteiger partial charge in [0, 0.05) is 50.2 Å². The van der Waals surface area contributed by atoms with Crippen molar-refractivity contribution >= 4 is 5.82 Å². The van der Waals surface area contributed by atoms with E-state index in [1.165, 1.54) is 5.56 Å². The van der Waals surface area contributed by atoms with Crippen LogP contribution in [0.15, 0.2) is 48.9 Å². The summed E-state index contributed by atoms with van der Waals surface area (Å²) in [7, 11) is 3.96. The zero-order valence-corrected chi connectivity index (χ0v) is 13.2. The highest BCUT2D eigenvalue weighted by molar-refractivity contribution is 5.62. The topological polar surface area (TPSA) is 43.2 Å². The minimum Gasteiger partial charge on any atom is -0.493 e. The summed E-state index contributed by atoms with van der Waals surface area (Å²) in [4.78, 5) is 11.0. The lowest BCUT2D eigenvalue weighted by atomic mass is 10.1. The van der Waals surface area contributed by atoms with E-state index in [9.17, 15) is 0 Å². The third kappa shape index (κ3) is 2.34. The highest BCUT2D eigenvalue weighted by Gasteiger charge is 2.18. The Morgan fingerprint density at radius 3 is 2.83 bits per heavy atom. The molecule has 0 N–H and O–H groups in total. The van der Waals surface area contributed by atoms with Gasteiger partial charge in [0.1, 0.15) is 17.4 Å². The van der Waals surface area contributed by atoms with Crippen LogP contribution in [0, 0.1) is 0 Å². The summed E-state index contributed by atoms with van der Waals surface area (Å²) < 4.78 is 7.78. The maximum absolute atomic E-state index is 5.67. The summed E-state index contributed by atoms with van der Waals surface area (Å²) in [5.74, 6) is 2.80. The lowest BCUT2D eigenvalue weighted by Crippen LogP contribution is -2.10. The number of imidazole rings is 1. The fraction of sp³-hybridized carbons (Fsp3) is 0.222. The number of anilines is 1. The highest BCUT2D eigenvalue weighted by Crippen LogP contribution is 2.32. The van der Waals surface area contributed by atoms with E-state index in [-0.39, 0.29) is 0 Å². The summed E-state index contributed by atoms with van der Waals surface area (Å²) >= 11 is 0. The number of ether oxygens (including phenoxy) is 1. The largest absolute Gasteiger partial charge is 0.493 e. The molecule has 5 nitrogen and oxygen atoms in total. The first-order valence-electron chi connectivity index (χ1n) is 7.66. The molecule has 0 aliphatic carbocycles. The Balaban J connectivity index is 1.79. The number of hydrogen-bond donors (Lipinski definition) is 0. The molecule has 116 valence electrons. The van der Waals surface area contributed by atoms with Crippen molar-refractivity contribution in [3.05, 3.63) is 54.5 Å². The van der Waals surface area contributed by atoms with Gasteiger partial charge in [-0.25, -0.2) is 9.97 Å². The number of pyridine rings is 1. The van der Waals surface area contributed by atoms with Crippen LogP contribution in [0.25, 0.3) is 17.1 Å². The summed E-state index contributed by atoms with van der Waals surface area (Å²) in [5.41, 5.74) is 3.37. The molecule has 0 amide bonds. The fourth-order valence-corrected chi connectivity index (χ4v) is 2.92. The van der Waals surface area contributed by atoms with Crippen molar-refractivity contribution in [2.75, 3.05) is 25.6 Å². The Bertz CT molecular complexity index is 836. The third-order valence-electron chi connectivity index (χ3n) is 4.08. The molecule has 0 radical (unpaired) electrons. The van der Waals surface area contributed by atoms with Crippen LogP contribution < -0.4 is 9.64 Å². The Hall–Kier alpha value is -2.82. The van der Waals surface area contributed by atoms with E-state index < -0.39 is 0 Å². The first-order valence-corrected chi connectivity index (χ1v) is 7.66. The summed E-state index contributed by atoms with van der Waals surface area (Å²) in [6, 6.07) is 10.2. The van der Waals surface area contributed by atoms with Gasteiger partial charge < -0.3 is 9.64 Å². The van der Waals surface area contributed by atoms with Gasteiger partial charge in [0.05, 0.1) is 12.3 Å². The van der Waals surface area contributed by atoms with Crippen LogP contribution in [-0.2, 0) is 6.42 Å². The Morgan fingerprint density at radius 1 is 1.13 bits per heavy atom. The quantitative estimate of drug-likeness (QED) is 0.746. The van der Waals surface area contributed by atoms with Crippen molar-refractivity contribution in [2.45, 2.75) is 6.42 Å². The molecule has 0 unspecified atom stereocenters. The van der Waals surface area contributed by atoms with Crippen molar-refractivity contribution in [1.29, 1.82) is 0 Å². The number of aromatic nitrogens is 3. The minimum atomic E-state index is 0.746. The number of nitrogens with zero attached hydrogens (tertiary/aromatic N) is 4. The van der Waals surface area contributed by atoms with Gasteiger partial charge in [0.2, 0.25) is 0 Å². The van der Waals surface area contributed by atoms with Crippen molar-refractivity contribution in [1.82, 2.24) is 14.5 Å². The van der Waals surface area contributed by atoms with Crippen LogP contribution in [0.4, 0.5) is 5.82 Å². The average molecular weight is 306 g/mol. The van der Waals surface area contributed by atoms with E-state index in [2.05, 4.69) is 26.7 Å². The third-order valence-corrected chi connectivity index (χ3v) is 4.08. The number of fused-ring (bicyclic) bond motifs is 1. The van der Waals surface area contributed by atoms with Gasteiger partial charge in [-0.2, -0.15) is 0 Å². The molecule has 1 aliphatic rings. The predicted molar refractivity (Wildman–Crippen MR) is 90.3 cm³/mol. The smallest absolute Gasteiger partial charge is 0.146 e. The first-order chi connectivity index (χ1) is 11.2. The molecule has 0 saturated heterocycles. The van der Waals surface area contributed by atoms with E-state index in [0.29, 0.717) is 0 Å². The van der Waals surface area contributed by atoms with Crippen molar-refractivity contribution in [2.24, 2.45) is 0 Å². The highest BCUT2D eigenvalue weighted by atomic mass is 16.5. The van der Waals surface area contributed by atoms with E-state index in [0.717, 1.165) is 41.7 Å². The maximum atomic E-state index is 5.67. The molecule has 5 heteroatoms. The Kier molecular flexibility index (Phi) is 3.26. The fourth-order valence-electron chi connectivity index (χ4n) is 2.92. The molecule has 0 fully saturated rings. The van der Waals surface area contributed by atoms with Gasteiger partial charge in [0.25, 0.3) is 0 Å². The van der Waals surface area contributed by atoms with Crippen molar-refractivity contribution < 1.29 is 4.74 Å². The zero-order valence-electron chi connectivity index (χ0n) is 13.2. The van der Waals surface area contributed by atoms with Gasteiger partial charge in [-0.15, -0.1) is 0 Å². The lowest BCUT2D eigenvalue weighted by Gasteiger charge is -2.13. The first kappa shape index (κ1) is 13.8. The lowest BCUT2D eigenvalue weighted by molar-refractivity contribution is 0.357. The molecule has 0 spiro atoms. The van der Waals surface area contributed by atoms with Gasteiger partial charge in [-0.1, -0.05) is 6.07 Å². The molecule has 3 aromatic rings. The standard InChI is InChI=1S/C18H18N4O/c1-21(2)17-7-6-13(12-20-17)18-19-9-10-22(18)15-4-3-5-16-14(15)8-11-23-16/h3-7,9-10,12H,8,11H2,1-2H3. The van der Waals surface area contributed by atoms with Crippen LogP contribution in [0.3, 0.4) is 0 Å². The monoisotopic (exact) mass is 306 g/mol. The SMILES string of the molecule is CN(C)c1ccc(-c2nccn2-c2cccc3c2CCO3)cn1. The molecule has 1 aliphatic heterocycles. The van der Waals surface area contributed by atoms with E-state index in [1.807, 2.05) is 55.8 Å². The van der Waals surface area contributed by atoms with Gasteiger partial charge in [-0.3, -0.25) is 4.57 Å². The van der Waals surface area contributed by atoms with Gasteiger partial charge in [-0.05, 0) is 24.3 Å². The Labute approximate surface area is 135 Å². The molecular formula is C18H18N4O. The maximum Gasteiger partial charge on any atom is 0.146 e. The number of benzene rings is 1. The van der Waals surface area contributed by atoms with Gasteiger partial charge >= 0.3 is 0 Å². The van der Waals surface area contributed by atoms with Crippen LogP contribution >= 0.6 is 0 Å². The van der Waals surface area contributed by atoms with Gasteiger partial charge in [0.15, 0.2) is 0 Å². The normalized spacial score (nSPS) is 12.8. The van der Waals surface area contributed by atoms with E-state index in [1.54, 1.807) is 0 Å². The molecule has 0 bridgehead atoms. The zero-order chi connectivity index (χ0) is 15.8. The predicted octanol–water partition coefficient (Wildman–Crippen LogP) is 2.94. The van der Waals surface area contributed by atoms with Crippen molar-refractivity contribution in [3.63, 3.8) is 0 Å². The molecular weight excluding hydrogens is 288 g/mol. The molecule has 23 heavy (non-hydrogen) atoms. The average Bonchev–Trinajstić information content (AvgIpc) is 3.23. The molecule has 2 aromatic heterocycles. The van der Waals surface area contributed by atoms with Crippen molar-refractivity contribution in [3.8, 4) is 22.8 Å². The Morgan fingerprint density at radius 2 is 2.04 bits per heavy atom. The number of hydrogen-bond acceptors (Lipinski definition) is 4. The second-order valence-electron chi connectivity index (χ2n) is 5.77. The molecule has 1 aromatic carbocycles. The second kappa shape index (κ2) is 5.43. The molecule has 0 atom stereocenters. The van der Waals surface area contributed by atoms with Crippen LogP contribution in [-0.4, -0.2) is 35.2 Å². The molecule has 3 heterocycles. The van der Waals surface area contributed by atoms with E-state index >= 15 is 0 Å². The van der Waals surface area contributed by atoms with E-state index in [4.69, 9.17) is 4.74 Å². The summed E-state index contributed by atoms with van der Waals surface area (Å²) in [5, 5.41) is 0. The number of rotatable bonds is 3. The summed E-state index contributed by atoms with van der Waals surface area (Å²) in [6.45, 7) is 0.746.